The summed E-state index contributed by atoms with van der Waals surface area (Å²) in [5, 5.41) is 5.97. The highest BCUT2D eigenvalue weighted by molar-refractivity contribution is 8.01. The second-order valence-corrected chi connectivity index (χ2v) is 9.82. The topological polar surface area (TPSA) is 68.5 Å². The lowest BCUT2D eigenvalue weighted by Crippen LogP contribution is -2.44. The van der Waals surface area contributed by atoms with Crippen molar-refractivity contribution in [2.45, 2.75) is 83.3 Å². The maximum atomic E-state index is 12.4. The molecule has 9 heteroatoms. The van der Waals surface area contributed by atoms with Crippen LogP contribution in [0.5, 0.6) is 0 Å². The number of nitrogens with one attached hydrogen (secondary N) is 2. The van der Waals surface area contributed by atoms with Crippen LogP contribution in [0.15, 0.2) is 17.0 Å². The van der Waals surface area contributed by atoms with Crippen molar-refractivity contribution in [3.8, 4) is 0 Å². The van der Waals surface area contributed by atoms with Crippen molar-refractivity contribution >= 4 is 17.7 Å². The Balaban J connectivity index is 4.70. The normalized spacial score (nSPS) is 15.0. The number of carbonyl (C=O) groups is 1. The van der Waals surface area contributed by atoms with Crippen LogP contribution in [-0.4, -0.2) is 46.1 Å². The molecule has 0 heterocycles. The Kier molecular flexibility index (Phi) is 10.0. The molecule has 0 aliphatic heterocycles. The first-order chi connectivity index (χ1) is 12.1. The van der Waals surface area contributed by atoms with E-state index >= 15 is 0 Å². The van der Waals surface area contributed by atoms with Gasteiger partial charge in [-0.2, -0.15) is 13.2 Å². The average Bonchev–Trinajstić information content (AvgIpc) is 2.52. The van der Waals surface area contributed by atoms with Gasteiger partial charge in [-0.05, 0) is 73.3 Å². The van der Waals surface area contributed by atoms with E-state index in [-0.39, 0.29) is 35.5 Å². The van der Waals surface area contributed by atoms with Crippen LogP contribution < -0.4 is 5.32 Å². The minimum absolute atomic E-state index is 0.0101. The van der Waals surface area contributed by atoms with Crippen LogP contribution in [0.25, 0.3) is 0 Å². The van der Waals surface area contributed by atoms with E-state index in [2.05, 4.69) is 36.1 Å². The molecule has 1 atom stereocenters. The van der Waals surface area contributed by atoms with Gasteiger partial charge in [0.2, 0.25) is 5.91 Å². The van der Waals surface area contributed by atoms with E-state index in [1.165, 1.54) is 0 Å². The summed E-state index contributed by atoms with van der Waals surface area (Å²) in [6.45, 7) is 11.7. The molecular formula is C18H33F3N4OS. The van der Waals surface area contributed by atoms with E-state index in [9.17, 15) is 18.0 Å². The van der Waals surface area contributed by atoms with Gasteiger partial charge in [0.05, 0.1) is 4.75 Å². The van der Waals surface area contributed by atoms with E-state index < -0.39 is 17.3 Å². The third kappa shape index (κ3) is 10.7. The minimum Gasteiger partial charge on any atom is -0.308 e. The van der Waals surface area contributed by atoms with Gasteiger partial charge < -0.3 is 5.32 Å². The molecule has 0 aromatic carbocycles. The van der Waals surface area contributed by atoms with Gasteiger partial charge in [0, 0.05) is 18.0 Å². The lowest BCUT2D eigenvalue weighted by molar-refractivity contribution is -0.134. The zero-order chi connectivity index (χ0) is 21.5. The molecule has 0 spiro atoms. The number of carbonyl (C=O) groups excluding carboxylic acids is 1. The predicted molar refractivity (Wildman–Crippen MR) is 105 cm³/mol. The van der Waals surface area contributed by atoms with E-state index in [1.807, 2.05) is 14.0 Å². The Morgan fingerprint density at radius 1 is 1.26 bits per heavy atom. The molecule has 1 amide bonds. The molecule has 0 aliphatic carbocycles. The van der Waals surface area contributed by atoms with E-state index in [1.54, 1.807) is 19.9 Å². The number of thioether (sulfide) groups is 1. The Morgan fingerprint density at radius 3 is 2.26 bits per heavy atom. The average molecular weight is 411 g/mol. The summed E-state index contributed by atoms with van der Waals surface area (Å²) in [6.07, 6.45) is -2.77. The highest BCUT2D eigenvalue weighted by Crippen LogP contribution is 2.29. The van der Waals surface area contributed by atoms with Crippen molar-refractivity contribution in [2.75, 3.05) is 12.8 Å². The number of hydrogen-bond acceptors (Lipinski definition) is 5. The fourth-order valence-corrected chi connectivity index (χ4v) is 3.14. The Labute approximate surface area is 165 Å². The van der Waals surface area contributed by atoms with Gasteiger partial charge in [-0.15, -0.1) is 16.9 Å². The summed E-state index contributed by atoms with van der Waals surface area (Å²) in [5.41, 5.74) is 7.26. The zero-order valence-corrected chi connectivity index (χ0v) is 18.1. The number of rotatable bonds is 10. The van der Waals surface area contributed by atoms with Crippen LogP contribution in [0.3, 0.4) is 0 Å². The van der Waals surface area contributed by atoms with Gasteiger partial charge in [-0.1, -0.05) is 0 Å². The first-order valence-electron chi connectivity index (χ1n) is 8.93. The summed E-state index contributed by atoms with van der Waals surface area (Å²) >= 11 is 1.16. The Morgan fingerprint density at radius 2 is 1.81 bits per heavy atom. The fourth-order valence-electron chi connectivity index (χ4n) is 2.16. The van der Waals surface area contributed by atoms with Gasteiger partial charge >= 0.3 is 6.18 Å². The maximum Gasteiger partial charge on any atom is 0.389 e. The molecule has 1 unspecified atom stereocenters. The van der Waals surface area contributed by atoms with Gasteiger partial charge in [-0.3, -0.25) is 9.69 Å². The van der Waals surface area contributed by atoms with Crippen LogP contribution >= 0.6 is 11.8 Å². The number of nitrogens with zero attached hydrogens (tertiary/aromatic N) is 2. The Hall–Kier alpha value is -1.09. The Bertz CT molecular complexity index is 528. The number of alkyl halides is 3. The van der Waals surface area contributed by atoms with E-state index in [0.29, 0.717) is 6.42 Å². The molecule has 0 rings (SSSR count). The minimum atomic E-state index is -4.18. The molecule has 0 bridgehead atoms. The van der Waals surface area contributed by atoms with Gasteiger partial charge in [0.25, 0.3) is 0 Å². The standard InChI is InChI=1S/C18H33F3N4OS/c1-13(25(7)16(2,3)4)9-10-14(24-22)23-15(26)17(5,6)27-12-8-11-18(19,20)21/h10,13,22H,8-9,11-12H2,1-7H3,(H,23,26). The molecule has 0 aromatic heterocycles. The summed E-state index contributed by atoms with van der Waals surface area (Å²) in [6, 6.07) is 0.184. The van der Waals surface area contributed by atoms with Gasteiger partial charge in [-0.25, -0.2) is 5.53 Å². The van der Waals surface area contributed by atoms with E-state index in [0.717, 1.165) is 11.8 Å². The number of halogens is 3. The number of hydrogen-bond donors (Lipinski definition) is 2. The summed E-state index contributed by atoms with van der Waals surface area (Å²) in [4.78, 5) is 14.6. The molecule has 27 heavy (non-hydrogen) atoms. The monoisotopic (exact) mass is 410 g/mol. The quantitative estimate of drug-likeness (QED) is 0.377. The molecule has 0 aromatic rings. The van der Waals surface area contributed by atoms with Crippen molar-refractivity contribution < 1.29 is 18.0 Å². The lowest BCUT2D eigenvalue weighted by Gasteiger charge is -2.36. The fraction of sp³-hybridized carbons (Fsp3) is 0.833. The molecule has 0 radical (unpaired) electrons. The first-order valence-corrected chi connectivity index (χ1v) is 9.91. The molecule has 0 saturated heterocycles. The maximum absolute atomic E-state index is 12.4. The van der Waals surface area contributed by atoms with Crippen LogP contribution in [0.4, 0.5) is 13.2 Å². The molecule has 158 valence electrons. The highest BCUT2D eigenvalue weighted by atomic mass is 32.2. The highest BCUT2D eigenvalue weighted by Gasteiger charge is 2.31. The first kappa shape index (κ1) is 25.9. The van der Waals surface area contributed by atoms with Crippen LogP contribution in [0, 0.1) is 5.53 Å². The molecule has 5 nitrogen and oxygen atoms in total. The molecule has 0 saturated carbocycles. The molecule has 0 fully saturated rings. The van der Waals surface area contributed by atoms with Crippen molar-refractivity contribution in [1.82, 2.24) is 10.2 Å². The molecule has 2 N–H and O–H groups in total. The summed E-state index contributed by atoms with van der Waals surface area (Å²) in [5.74, 6) is 0.00133. The van der Waals surface area contributed by atoms with Crippen LogP contribution in [0.1, 0.15) is 60.8 Å². The van der Waals surface area contributed by atoms with E-state index in [4.69, 9.17) is 5.53 Å². The van der Waals surface area contributed by atoms with Crippen LogP contribution in [0.2, 0.25) is 0 Å². The molecular weight excluding hydrogens is 377 g/mol. The summed E-state index contributed by atoms with van der Waals surface area (Å²) < 4.78 is 35.7. The van der Waals surface area contributed by atoms with Crippen molar-refractivity contribution in [3.05, 3.63) is 11.9 Å². The lowest BCUT2D eigenvalue weighted by atomic mass is 10.0. The van der Waals surface area contributed by atoms with Crippen molar-refractivity contribution in [2.24, 2.45) is 5.11 Å². The van der Waals surface area contributed by atoms with Gasteiger partial charge in [0.15, 0.2) is 5.82 Å². The largest absolute Gasteiger partial charge is 0.389 e. The smallest absolute Gasteiger partial charge is 0.308 e. The van der Waals surface area contributed by atoms with Crippen LogP contribution in [-0.2, 0) is 4.79 Å². The van der Waals surface area contributed by atoms with Gasteiger partial charge in [0.1, 0.15) is 0 Å². The predicted octanol–water partition coefficient (Wildman–Crippen LogP) is 5.34. The zero-order valence-electron chi connectivity index (χ0n) is 17.3. The number of amides is 1. The summed E-state index contributed by atoms with van der Waals surface area (Å²) in [7, 11) is 2.01. The molecule has 0 aliphatic rings. The van der Waals surface area contributed by atoms with Crippen molar-refractivity contribution in [1.29, 1.82) is 5.53 Å². The van der Waals surface area contributed by atoms with Crippen molar-refractivity contribution in [3.63, 3.8) is 0 Å². The second kappa shape index (κ2) is 10.5. The third-order valence-electron chi connectivity index (χ3n) is 4.35. The SMILES string of the molecule is CC(CC=C(N=N)NC(=O)C(C)(C)SCCCC(F)(F)F)N(C)C(C)(C)C. The third-order valence-corrected chi connectivity index (χ3v) is 5.75. The second-order valence-electron chi connectivity index (χ2n) is 8.10.